The van der Waals surface area contributed by atoms with Gasteiger partial charge in [-0.1, -0.05) is 25.0 Å². The predicted octanol–water partition coefficient (Wildman–Crippen LogP) is 1.43. The molecule has 1 aromatic rings. The van der Waals surface area contributed by atoms with Crippen LogP contribution in [-0.4, -0.2) is 23.7 Å². The van der Waals surface area contributed by atoms with E-state index in [4.69, 9.17) is 5.73 Å². The number of amides is 1. The molecule has 1 aliphatic carbocycles. The fraction of sp³-hybridized carbons (Fsp3) is 0.533. The molecule has 0 saturated heterocycles. The van der Waals surface area contributed by atoms with E-state index in [0.29, 0.717) is 11.5 Å². The van der Waals surface area contributed by atoms with E-state index in [1.165, 1.54) is 6.42 Å². The monoisotopic (exact) mass is 262 g/mol. The standard InChI is InChI=1S/C15H22N2O2/c16-15(19)12-7-5-11(6-8-12)9-17-10-13-3-1-2-4-14(13)18/h5-8,13-14,17-18H,1-4,9-10H2,(H2,16,19). The van der Waals surface area contributed by atoms with Crippen LogP contribution < -0.4 is 11.1 Å². The van der Waals surface area contributed by atoms with Crippen molar-refractivity contribution in [3.05, 3.63) is 35.4 Å². The SMILES string of the molecule is NC(=O)c1ccc(CNCC2CCCCC2O)cc1. The van der Waals surface area contributed by atoms with Gasteiger partial charge in [0.1, 0.15) is 0 Å². The molecule has 1 amide bonds. The quantitative estimate of drug-likeness (QED) is 0.751. The molecule has 104 valence electrons. The van der Waals surface area contributed by atoms with Crippen molar-refractivity contribution in [3.8, 4) is 0 Å². The number of hydrogen-bond donors (Lipinski definition) is 3. The summed E-state index contributed by atoms with van der Waals surface area (Å²) in [5.74, 6) is -0.0246. The van der Waals surface area contributed by atoms with E-state index in [2.05, 4.69) is 5.32 Å². The van der Waals surface area contributed by atoms with E-state index in [0.717, 1.165) is 37.9 Å². The fourth-order valence-electron chi connectivity index (χ4n) is 2.61. The molecule has 1 aliphatic rings. The second-order valence-corrected chi connectivity index (χ2v) is 5.30. The highest BCUT2D eigenvalue weighted by molar-refractivity contribution is 5.92. The maximum atomic E-state index is 10.9. The lowest BCUT2D eigenvalue weighted by molar-refractivity contribution is 0.0695. The van der Waals surface area contributed by atoms with E-state index in [9.17, 15) is 9.90 Å². The lowest BCUT2D eigenvalue weighted by atomic mass is 9.86. The third kappa shape index (κ3) is 4.04. The van der Waals surface area contributed by atoms with Gasteiger partial charge in [-0.05, 0) is 36.5 Å². The van der Waals surface area contributed by atoms with Gasteiger partial charge >= 0.3 is 0 Å². The molecule has 0 radical (unpaired) electrons. The van der Waals surface area contributed by atoms with Crippen LogP contribution in [0.4, 0.5) is 0 Å². The Hall–Kier alpha value is -1.39. The first-order chi connectivity index (χ1) is 9.16. The summed E-state index contributed by atoms with van der Waals surface area (Å²) in [7, 11) is 0. The van der Waals surface area contributed by atoms with E-state index in [1.807, 2.05) is 12.1 Å². The van der Waals surface area contributed by atoms with E-state index >= 15 is 0 Å². The van der Waals surface area contributed by atoms with Crippen LogP contribution in [0.3, 0.4) is 0 Å². The minimum Gasteiger partial charge on any atom is -0.393 e. The van der Waals surface area contributed by atoms with Gasteiger partial charge in [-0.2, -0.15) is 0 Å². The number of hydrogen-bond acceptors (Lipinski definition) is 3. The summed E-state index contributed by atoms with van der Waals surface area (Å²) < 4.78 is 0. The van der Waals surface area contributed by atoms with Crippen molar-refractivity contribution in [2.75, 3.05) is 6.54 Å². The van der Waals surface area contributed by atoms with Crippen molar-refractivity contribution >= 4 is 5.91 Å². The average molecular weight is 262 g/mol. The van der Waals surface area contributed by atoms with Crippen LogP contribution in [0.25, 0.3) is 0 Å². The van der Waals surface area contributed by atoms with Crippen LogP contribution in [-0.2, 0) is 6.54 Å². The van der Waals surface area contributed by atoms with Gasteiger partial charge in [-0.15, -0.1) is 0 Å². The lowest BCUT2D eigenvalue weighted by Crippen LogP contribution is -2.33. The molecule has 1 aromatic carbocycles. The highest BCUT2D eigenvalue weighted by Crippen LogP contribution is 2.23. The Kier molecular flexibility index (Phi) is 4.93. The zero-order valence-corrected chi connectivity index (χ0v) is 11.1. The maximum Gasteiger partial charge on any atom is 0.248 e. The Morgan fingerprint density at radius 2 is 1.95 bits per heavy atom. The van der Waals surface area contributed by atoms with Crippen LogP contribution in [0.1, 0.15) is 41.6 Å². The van der Waals surface area contributed by atoms with Gasteiger partial charge < -0.3 is 16.2 Å². The number of carbonyl (C=O) groups is 1. The van der Waals surface area contributed by atoms with Gasteiger partial charge in [0.05, 0.1) is 6.10 Å². The Bertz CT molecular complexity index is 417. The number of nitrogens with one attached hydrogen (secondary N) is 1. The van der Waals surface area contributed by atoms with Crippen LogP contribution in [0.5, 0.6) is 0 Å². The van der Waals surface area contributed by atoms with E-state index < -0.39 is 5.91 Å². The molecule has 2 rings (SSSR count). The summed E-state index contributed by atoms with van der Waals surface area (Å²) in [6, 6.07) is 7.30. The molecule has 19 heavy (non-hydrogen) atoms. The number of aliphatic hydroxyl groups excluding tert-OH is 1. The van der Waals surface area contributed by atoms with Gasteiger partial charge in [0.15, 0.2) is 0 Å². The Morgan fingerprint density at radius 3 is 2.58 bits per heavy atom. The van der Waals surface area contributed by atoms with Gasteiger partial charge in [-0.3, -0.25) is 4.79 Å². The minimum atomic E-state index is -0.398. The van der Waals surface area contributed by atoms with Gasteiger partial charge in [0, 0.05) is 18.7 Å². The van der Waals surface area contributed by atoms with Gasteiger partial charge in [0.2, 0.25) is 5.91 Å². The molecule has 1 fully saturated rings. The van der Waals surface area contributed by atoms with E-state index in [-0.39, 0.29) is 6.10 Å². The molecule has 0 aromatic heterocycles. The van der Waals surface area contributed by atoms with Crippen molar-refractivity contribution in [2.45, 2.75) is 38.3 Å². The maximum absolute atomic E-state index is 10.9. The first-order valence-corrected chi connectivity index (χ1v) is 6.94. The smallest absolute Gasteiger partial charge is 0.248 e. The van der Waals surface area contributed by atoms with Crippen molar-refractivity contribution in [1.82, 2.24) is 5.32 Å². The first kappa shape index (κ1) is 14.0. The number of primary amides is 1. The third-order valence-corrected chi connectivity index (χ3v) is 3.84. The first-order valence-electron chi connectivity index (χ1n) is 6.94. The summed E-state index contributed by atoms with van der Waals surface area (Å²) >= 11 is 0. The molecule has 2 unspecified atom stereocenters. The van der Waals surface area contributed by atoms with Gasteiger partial charge in [-0.25, -0.2) is 0 Å². The minimum absolute atomic E-state index is 0.154. The summed E-state index contributed by atoms with van der Waals surface area (Å²) in [5.41, 5.74) is 6.85. The van der Waals surface area contributed by atoms with Crippen molar-refractivity contribution in [2.24, 2.45) is 11.7 Å². The highest BCUT2D eigenvalue weighted by atomic mass is 16.3. The molecular weight excluding hydrogens is 240 g/mol. The normalized spacial score (nSPS) is 23.2. The number of benzene rings is 1. The molecule has 0 spiro atoms. The van der Waals surface area contributed by atoms with E-state index in [1.54, 1.807) is 12.1 Å². The molecule has 4 heteroatoms. The third-order valence-electron chi connectivity index (χ3n) is 3.84. The summed E-state index contributed by atoms with van der Waals surface area (Å²) in [5, 5.41) is 13.2. The fourth-order valence-corrected chi connectivity index (χ4v) is 2.61. The number of aliphatic hydroxyl groups is 1. The molecule has 2 atom stereocenters. The van der Waals surface area contributed by atoms with Crippen LogP contribution in [0.15, 0.2) is 24.3 Å². The topological polar surface area (TPSA) is 75.4 Å². The molecule has 1 saturated carbocycles. The summed E-state index contributed by atoms with van der Waals surface area (Å²) in [6.07, 6.45) is 4.25. The Morgan fingerprint density at radius 1 is 1.26 bits per heavy atom. The Balaban J connectivity index is 1.77. The zero-order chi connectivity index (χ0) is 13.7. The number of carbonyl (C=O) groups excluding carboxylic acids is 1. The summed E-state index contributed by atoms with van der Waals surface area (Å²) in [6.45, 7) is 1.60. The molecule has 0 bridgehead atoms. The second-order valence-electron chi connectivity index (χ2n) is 5.30. The molecule has 4 nitrogen and oxygen atoms in total. The molecular formula is C15H22N2O2. The van der Waals surface area contributed by atoms with Crippen molar-refractivity contribution in [3.63, 3.8) is 0 Å². The molecule has 0 aliphatic heterocycles. The average Bonchev–Trinajstić information content (AvgIpc) is 2.41. The number of rotatable bonds is 5. The highest BCUT2D eigenvalue weighted by Gasteiger charge is 2.22. The van der Waals surface area contributed by atoms with Crippen LogP contribution in [0, 0.1) is 5.92 Å². The molecule has 0 heterocycles. The predicted molar refractivity (Wildman–Crippen MR) is 74.6 cm³/mol. The molecule has 4 N–H and O–H groups in total. The van der Waals surface area contributed by atoms with Crippen molar-refractivity contribution < 1.29 is 9.90 Å². The second kappa shape index (κ2) is 6.68. The largest absolute Gasteiger partial charge is 0.393 e. The summed E-state index contributed by atoms with van der Waals surface area (Å²) in [4.78, 5) is 10.9. The van der Waals surface area contributed by atoms with Crippen LogP contribution in [0.2, 0.25) is 0 Å². The number of nitrogens with two attached hydrogens (primary N) is 1. The Labute approximate surface area is 114 Å². The van der Waals surface area contributed by atoms with Crippen molar-refractivity contribution in [1.29, 1.82) is 0 Å². The van der Waals surface area contributed by atoms with Gasteiger partial charge in [0.25, 0.3) is 0 Å². The zero-order valence-electron chi connectivity index (χ0n) is 11.1. The lowest BCUT2D eigenvalue weighted by Gasteiger charge is -2.27. The van der Waals surface area contributed by atoms with Crippen LogP contribution >= 0.6 is 0 Å².